The lowest BCUT2D eigenvalue weighted by Crippen LogP contribution is -2.58. The third-order valence-corrected chi connectivity index (χ3v) is 6.58. The molecule has 3 aromatic heterocycles. The number of piperazine rings is 1. The molecule has 4 rings (SSSR count). The third-order valence-electron chi connectivity index (χ3n) is 6.58. The number of carbonyl (C=O) groups excluding carboxylic acids is 1. The number of hydrogen-bond donors (Lipinski definition) is 1. The molecule has 33 heavy (non-hydrogen) atoms. The van der Waals surface area contributed by atoms with Crippen LogP contribution in [-0.2, 0) is 11.3 Å². The van der Waals surface area contributed by atoms with E-state index in [9.17, 15) is 4.79 Å². The fourth-order valence-electron chi connectivity index (χ4n) is 4.38. The normalized spacial score (nSPS) is 20.2. The Morgan fingerprint density at radius 2 is 1.79 bits per heavy atom. The molecule has 10 nitrogen and oxygen atoms in total. The van der Waals surface area contributed by atoms with Gasteiger partial charge in [0.15, 0.2) is 17.0 Å². The van der Waals surface area contributed by atoms with Gasteiger partial charge in [-0.3, -0.25) is 9.69 Å². The summed E-state index contributed by atoms with van der Waals surface area (Å²) in [6, 6.07) is 0.254. The largest absolute Gasteiger partial charge is 0.356 e. The number of anilines is 1. The Bertz CT molecular complexity index is 1110. The molecule has 0 saturated carbocycles. The van der Waals surface area contributed by atoms with Crippen LogP contribution in [-0.4, -0.2) is 83.5 Å². The molecule has 0 aromatic carbocycles. The van der Waals surface area contributed by atoms with Crippen molar-refractivity contribution in [1.29, 1.82) is 0 Å². The minimum Gasteiger partial charge on any atom is -0.356 e. The maximum atomic E-state index is 13.4. The van der Waals surface area contributed by atoms with E-state index in [2.05, 4.69) is 51.0 Å². The second kappa shape index (κ2) is 9.38. The topological polar surface area (TPSA) is 105 Å². The van der Waals surface area contributed by atoms with Crippen molar-refractivity contribution < 1.29 is 4.79 Å². The lowest BCUT2D eigenvalue weighted by Gasteiger charge is -2.43. The van der Waals surface area contributed by atoms with Crippen LogP contribution in [0.4, 0.5) is 5.82 Å². The summed E-state index contributed by atoms with van der Waals surface area (Å²) in [5, 5.41) is 3.37. The summed E-state index contributed by atoms with van der Waals surface area (Å²) in [7, 11) is 2.12. The predicted molar refractivity (Wildman–Crippen MR) is 128 cm³/mol. The Hall–Kier alpha value is -3.14. The molecule has 4 heterocycles. The zero-order valence-electron chi connectivity index (χ0n) is 20.3. The van der Waals surface area contributed by atoms with Crippen LogP contribution < -0.4 is 5.32 Å². The number of fused-ring (bicyclic) bond motifs is 1. The number of hydrogen-bond acceptors (Lipinski definition) is 8. The maximum Gasteiger partial charge on any atom is 0.245 e. The van der Waals surface area contributed by atoms with Crippen molar-refractivity contribution in [3.63, 3.8) is 0 Å². The van der Waals surface area contributed by atoms with Crippen LogP contribution in [0.1, 0.15) is 39.9 Å². The highest BCUT2D eigenvalue weighted by Crippen LogP contribution is 2.27. The predicted octanol–water partition coefficient (Wildman–Crippen LogP) is 2.35. The van der Waals surface area contributed by atoms with Crippen LogP contribution in [0, 0.1) is 6.92 Å². The second-order valence-corrected chi connectivity index (χ2v) is 8.81. The lowest BCUT2D eigenvalue weighted by atomic mass is 10.1. The average Bonchev–Trinajstić information content (AvgIpc) is 3.20. The third kappa shape index (κ3) is 4.39. The van der Waals surface area contributed by atoms with E-state index in [1.54, 1.807) is 12.4 Å². The van der Waals surface area contributed by atoms with Gasteiger partial charge in [0.05, 0.1) is 5.56 Å². The van der Waals surface area contributed by atoms with Gasteiger partial charge in [0.2, 0.25) is 5.91 Å². The summed E-state index contributed by atoms with van der Waals surface area (Å²) in [5.74, 6) is 2.10. The molecule has 1 N–H and O–H groups in total. The molecule has 0 radical (unpaired) electrons. The van der Waals surface area contributed by atoms with Gasteiger partial charge < -0.3 is 14.8 Å². The molecular formula is C23H33N9O. The van der Waals surface area contributed by atoms with Gasteiger partial charge in [-0.25, -0.2) is 24.9 Å². The van der Waals surface area contributed by atoms with Gasteiger partial charge in [-0.2, -0.15) is 0 Å². The molecule has 0 bridgehead atoms. The molecule has 0 aliphatic carbocycles. The Morgan fingerprint density at radius 3 is 2.39 bits per heavy atom. The Kier molecular flexibility index (Phi) is 6.55. The lowest BCUT2D eigenvalue weighted by molar-refractivity contribution is -0.136. The van der Waals surface area contributed by atoms with Gasteiger partial charge in [0.25, 0.3) is 0 Å². The number of aromatic nitrogens is 6. The first-order valence-corrected chi connectivity index (χ1v) is 11.6. The van der Waals surface area contributed by atoms with Gasteiger partial charge in [-0.1, -0.05) is 6.92 Å². The van der Waals surface area contributed by atoms with E-state index < -0.39 is 0 Å². The molecule has 1 saturated heterocycles. The maximum absolute atomic E-state index is 13.4. The van der Waals surface area contributed by atoms with Crippen molar-refractivity contribution in [2.45, 2.75) is 65.7 Å². The van der Waals surface area contributed by atoms with Crippen molar-refractivity contribution in [3.8, 4) is 11.4 Å². The summed E-state index contributed by atoms with van der Waals surface area (Å²) in [4.78, 5) is 40.1. The standard InChI is InChI=1S/C23H33N9O/c1-7-18(23(33)31-11-14(3)30(6)15(4)12-31)28-20-19-22(27-13-26-20)32(8-2)21(29-19)17-9-24-16(5)25-10-17/h9-10,13-15,18H,7-8,11-12H2,1-6H3,(H,26,27,28)/t14?,15?,18-/m1/s1. The molecule has 1 aliphatic heterocycles. The zero-order chi connectivity index (χ0) is 23.7. The van der Waals surface area contributed by atoms with Crippen LogP contribution >= 0.6 is 0 Å². The second-order valence-electron chi connectivity index (χ2n) is 8.81. The summed E-state index contributed by atoms with van der Waals surface area (Å²) < 4.78 is 2.02. The van der Waals surface area contributed by atoms with Crippen molar-refractivity contribution in [2.24, 2.45) is 0 Å². The fourth-order valence-corrected chi connectivity index (χ4v) is 4.38. The van der Waals surface area contributed by atoms with Gasteiger partial charge in [-0.15, -0.1) is 0 Å². The molecule has 176 valence electrons. The smallest absolute Gasteiger partial charge is 0.245 e. The molecule has 3 atom stereocenters. The number of aryl methyl sites for hydroxylation is 2. The van der Waals surface area contributed by atoms with Crippen LogP contribution in [0.15, 0.2) is 18.7 Å². The van der Waals surface area contributed by atoms with E-state index in [-0.39, 0.29) is 11.9 Å². The van der Waals surface area contributed by atoms with Gasteiger partial charge in [0.1, 0.15) is 24.0 Å². The van der Waals surface area contributed by atoms with Crippen LogP contribution in [0.5, 0.6) is 0 Å². The quantitative estimate of drug-likeness (QED) is 0.609. The molecule has 1 aliphatic rings. The fraction of sp³-hybridized carbons (Fsp3) is 0.565. The summed E-state index contributed by atoms with van der Waals surface area (Å²) in [6.45, 7) is 12.4. The first kappa shape index (κ1) is 23.0. The number of nitrogens with zero attached hydrogens (tertiary/aromatic N) is 8. The first-order valence-electron chi connectivity index (χ1n) is 11.6. The Balaban J connectivity index is 1.65. The van der Waals surface area contributed by atoms with Gasteiger partial charge >= 0.3 is 0 Å². The van der Waals surface area contributed by atoms with Crippen LogP contribution in [0.25, 0.3) is 22.6 Å². The number of imidazole rings is 1. The monoisotopic (exact) mass is 451 g/mol. The van der Waals surface area contributed by atoms with E-state index in [1.807, 2.05) is 30.2 Å². The highest BCUT2D eigenvalue weighted by atomic mass is 16.2. The first-order chi connectivity index (χ1) is 15.8. The Morgan fingerprint density at radius 1 is 1.12 bits per heavy atom. The van der Waals surface area contributed by atoms with E-state index >= 15 is 0 Å². The molecule has 1 fully saturated rings. The summed E-state index contributed by atoms with van der Waals surface area (Å²) in [5.41, 5.74) is 2.17. The number of rotatable bonds is 6. The number of amides is 1. The average molecular weight is 452 g/mol. The van der Waals surface area contributed by atoms with Gasteiger partial charge in [0, 0.05) is 44.1 Å². The van der Waals surface area contributed by atoms with Crippen LogP contribution in [0.3, 0.4) is 0 Å². The zero-order valence-corrected chi connectivity index (χ0v) is 20.3. The number of likely N-dealkylation sites (N-methyl/N-ethyl adjacent to an activating group) is 1. The highest BCUT2D eigenvalue weighted by Gasteiger charge is 2.32. The SMILES string of the molecule is CC[C@@H](Nc1ncnc2c1nc(-c1cnc(C)nc1)n2CC)C(=O)N1CC(C)N(C)C(C)C1. The molecule has 10 heteroatoms. The van der Waals surface area contributed by atoms with Crippen molar-refractivity contribution in [3.05, 3.63) is 24.5 Å². The molecular weight excluding hydrogens is 418 g/mol. The van der Waals surface area contributed by atoms with Crippen molar-refractivity contribution >= 4 is 22.9 Å². The minimum atomic E-state index is -0.385. The summed E-state index contributed by atoms with van der Waals surface area (Å²) >= 11 is 0. The van der Waals surface area contributed by atoms with E-state index in [1.165, 1.54) is 6.33 Å². The number of carbonyl (C=O) groups is 1. The van der Waals surface area contributed by atoms with E-state index in [0.29, 0.717) is 42.2 Å². The van der Waals surface area contributed by atoms with Gasteiger partial charge in [-0.05, 0) is 41.2 Å². The van der Waals surface area contributed by atoms with Crippen LogP contribution in [0.2, 0.25) is 0 Å². The van der Waals surface area contributed by atoms with Crippen molar-refractivity contribution in [2.75, 3.05) is 25.5 Å². The van der Waals surface area contributed by atoms with E-state index in [0.717, 1.165) is 30.1 Å². The van der Waals surface area contributed by atoms with E-state index in [4.69, 9.17) is 4.98 Å². The summed E-state index contributed by atoms with van der Waals surface area (Å²) in [6.07, 6.45) is 5.70. The Labute approximate surface area is 194 Å². The molecule has 2 unspecified atom stereocenters. The molecule has 0 spiro atoms. The number of nitrogens with one attached hydrogen (secondary N) is 1. The molecule has 3 aromatic rings. The van der Waals surface area contributed by atoms with Crippen molar-refractivity contribution in [1.82, 2.24) is 39.3 Å². The minimum absolute atomic E-state index is 0.0955. The molecule has 1 amide bonds. The highest BCUT2D eigenvalue weighted by molar-refractivity contribution is 5.90.